The Morgan fingerprint density at radius 3 is 2.33 bits per heavy atom. The lowest BCUT2D eigenvalue weighted by atomic mass is 9.62. The van der Waals surface area contributed by atoms with Gasteiger partial charge in [0.15, 0.2) is 0 Å². The number of amides is 3. The van der Waals surface area contributed by atoms with Crippen LogP contribution in [0.25, 0.3) is 0 Å². The molecule has 7 atom stereocenters. The van der Waals surface area contributed by atoms with Crippen LogP contribution in [0.15, 0.2) is 49.6 Å². The van der Waals surface area contributed by atoms with Gasteiger partial charge >= 0.3 is 0 Å². The van der Waals surface area contributed by atoms with E-state index in [0.29, 0.717) is 31.0 Å². The molecule has 3 amide bonds. The lowest BCUT2D eigenvalue weighted by Crippen LogP contribution is -2.61. The second-order valence-corrected chi connectivity index (χ2v) is 14.2. The monoisotopic (exact) mass is 635 g/mol. The number of fused-ring (bicyclic) bond motifs is 1. The van der Waals surface area contributed by atoms with Crippen molar-refractivity contribution in [3.8, 4) is 5.75 Å². The second kappa shape index (κ2) is 13.5. The van der Waals surface area contributed by atoms with Crippen molar-refractivity contribution < 1.29 is 29.0 Å². The Bertz CT molecular complexity index is 1310. The molecule has 4 aliphatic rings. The second-order valence-electron chi connectivity index (χ2n) is 14.2. The van der Waals surface area contributed by atoms with E-state index < -0.39 is 35.1 Å². The van der Waals surface area contributed by atoms with Gasteiger partial charge in [0, 0.05) is 24.8 Å². The Balaban J connectivity index is 1.61. The number of hydrogen-bond donors (Lipinski definition) is 1. The van der Waals surface area contributed by atoms with Crippen LogP contribution in [-0.4, -0.2) is 88.3 Å². The number of nitrogens with zero attached hydrogens (tertiary/aromatic N) is 3. The molecule has 1 aromatic rings. The summed E-state index contributed by atoms with van der Waals surface area (Å²) < 4.78 is 12.7. The largest absolute Gasteiger partial charge is 0.494 e. The van der Waals surface area contributed by atoms with Gasteiger partial charge in [0.1, 0.15) is 17.4 Å². The summed E-state index contributed by atoms with van der Waals surface area (Å²) >= 11 is 0. The average Bonchev–Trinajstić information content (AvgIpc) is 3.56. The van der Waals surface area contributed by atoms with Crippen molar-refractivity contribution in [1.29, 1.82) is 0 Å². The van der Waals surface area contributed by atoms with E-state index in [0.717, 1.165) is 32.1 Å². The third kappa shape index (κ3) is 5.47. The molecule has 252 valence electrons. The molecule has 0 aromatic heterocycles. The fraction of sp³-hybridized carbons (Fsp3) is 0.649. The first-order valence-electron chi connectivity index (χ1n) is 17.2. The first kappa shape index (κ1) is 34.2. The van der Waals surface area contributed by atoms with Crippen molar-refractivity contribution >= 4 is 23.4 Å². The highest BCUT2D eigenvalue weighted by Crippen LogP contribution is 2.66. The van der Waals surface area contributed by atoms with Gasteiger partial charge in [0.25, 0.3) is 0 Å². The molecule has 3 unspecified atom stereocenters. The highest BCUT2D eigenvalue weighted by Gasteiger charge is 2.80. The van der Waals surface area contributed by atoms with Gasteiger partial charge in [0.2, 0.25) is 17.7 Å². The number of likely N-dealkylation sites (tertiary alicyclic amines) is 1. The summed E-state index contributed by atoms with van der Waals surface area (Å²) in [5.41, 5.74) is -1.49. The van der Waals surface area contributed by atoms with Crippen LogP contribution in [0.5, 0.6) is 5.75 Å². The van der Waals surface area contributed by atoms with Crippen molar-refractivity contribution in [2.45, 2.75) is 102 Å². The molecule has 46 heavy (non-hydrogen) atoms. The number of aliphatic hydroxyl groups excluding tert-OH is 1. The fourth-order valence-corrected chi connectivity index (χ4v) is 8.93. The number of anilines is 1. The van der Waals surface area contributed by atoms with Crippen molar-refractivity contribution in [2.24, 2.45) is 23.7 Å². The van der Waals surface area contributed by atoms with E-state index in [1.165, 1.54) is 0 Å². The predicted molar refractivity (Wildman–Crippen MR) is 178 cm³/mol. The molecule has 1 N–H and O–H groups in total. The zero-order valence-corrected chi connectivity index (χ0v) is 28.3. The lowest BCUT2D eigenvalue weighted by molar-refractivity contribution is -0.158. The molecule has 0 radical (unpaired) electrons. The van der Waals surface area contributed by atoms with E-state index in [4.69, 9.17) is 9.47 Å². The number of hydrogen-bond acceptors (Lipinski definition) is 6. The fourth-order valence-electron chi connectivity index (χ4n) is 8.93. The Morgan fingerprint density at radius 1 is 1.11 bits per heavy atom. The molecule has 9 nitrogen and oxygen atoms in total. The molecular weight excluding hydrogens is 582 g/mol. The van der Waals surface area contributed by atoms with Crippen LogP contribution in [0, 0.1) is 23.7 Å². The molecule has 1 saturated carbocycles. The topological polar surface area (TPSA) is 99.6 Å². The van der Waals surface area contributed by atoms with Crippen molar-refractivity contribution in [3.05, 3.63) is 49.6 Å². The summed E-state index contributed by atoms with van der Waals surface area (Å²) in [5.74, 6) is -1.89. The van der Waals surface area contributed by atoms with Crippen molar-refractivity contribution in [1.82, 2.24) is 9.80 Å². The maximum atomic E-state index is 15.0. The molecule has 1 spiro atoms. The molecule has 3 heterocycles. The van der Waals surface area contributed by atoms with Crippen LogP contribution in [-0.2, 0) is 19.1 Å². The third-order valence-corrected chi connectivity index (χ3v) is 11.2. The van der Waals surface area contributed by atoms with Crippen LogP contribution < -0.4 is 9.64 Å². The van der Waals surface area contributed by atoms with Gasteiger partial charge in [-0.3, -0.25) is 14.4 Å². The average molecular weight is 636 g/mol. The van der Waals surface area contributed by atoms with Crippen LogP contribution in [0.3, 0.4) is 0 Å². The van der Waals surface area contributed by atoms with E-state index in [-0.39, 0.29) is 48.8 Å². The van der Waals surface area contributed by atoms with E-state index in [1.807, 2.05) is 56.9 Å². The number of carbonyl (C=O) groups excluding carboxylic acids is 3. The molecule has 3 saturated heterocycles. The number of ether oxygens (including phenoxy) is 2. The highest BCUT2D eigenvalue weighted by molar-refractivity contribution is 6.03. The zero-order chi connectivity index (χ0) is 33.4. The van der Waals surface area contributed by atoms with Crippen molar-refractivity contribution in [3.63, 3.8) is 0 Å². The summed E-state index contributed by atoms with van der Waals surface area (Å²) in [6.45, 7) is 18.5. The maximum absolute atomic E-state index is 15.0. The summed E-state index contributed by atoms with van der Waals surface area (Å²) in [6.07, 6.45) is 8.95. The maximum Gasteiger partial charge on any atom is 0.248 e. The van der Waals surface area contributed by atoms with Gasteiger partial charge in [-0.05, 0) is 69.2 Å². The van der Waals surface area contributed by atoms with E-state index in [1.54, 1.807) is 22.0 Å². The summed E-state index contributed by atoms with van der Waals surface area (Å²) in [7, 11) is 0. The van der Waals surface area contributed by atoms with Crippen LogP contribution >= 0.6 is 0 Å². The van der Waals surface area contributed by atoms with Gasteiger partial charge < -0.3 is 29.3 Å². The number of carbonyl (C=O) groups is 3. The molecule has 1 aromatic carbocycles. The minimum atomic E-state index is -1.20. The van der Waals surface area contributed by atoms with Gasteiger partial charge in [-0.2, -0.15) is 0 Å². The highest BCUT2D eigenvalue weighted by atomic mass is 16.5. The summed E-state index contributed by atoms with van der Waals surface area (Å²) in [4.78, 5) is 49.9. The Morgan fingerprint density at radius 2 is 1.76 bits per heavy atom. The first-order chi connectivity index (χ1) is 22.0. The quantitative estimate of drug-likeness (QED) is 0.307. The van der Waals surface area contributed by atoms with Crippen LogP contribution in [0.1, 0.15) is 73.1 Å². The summed E-state index contributed by atoms with van der Waals surface area (Å²) in [6, 6.07) is 5.84. The third-order valence-electron chi connectivity index (χ3n) is 11.2. The normalized spacial score (nSPS) is 31.1. The zero-order valence-electron chi connectivity index (χ0n) is 28.3. The van der Waals surface area contributed by atoms with E-state index in [9.17, 15) is 19.5 Å². The Hall–Kier alpha value is -3.17. The molecule has 5 rings (SSSR count). The summed E-state index contributed by atoms with van der Waals surface area (Å²) in [5, 5.41) is 10.7. The molecule has 9 heteroatoms. The molecule has 2 bridgehead atoms. The SMILES string of the molecule is C=CCN(C(=O)[C@H]1[C@H]2C(=O)N([C@@H](CO)C(C)C)C(C(=O)N(CC=C)C3CCCCC3)C23CC(C)[C@]1(C)O3)c1ccc(OCC)cc1. The predicted octanol–water partition coefficient (Wildman–Crippen LogP) is 4.98. The minimum absolute atomic E-state index is 0.0464. The molecule has 3 aliphatic heterocycles. The van der Waals surface area contributed by atoms with Crippen molar-refractivity contribution in [2.75, 3.05) is 31.2 Å². The molecule has 4 fully saturated rings. The molecular formula is C37H53N3O6. The smallest absolute Gasteiger partial charge is 0.248 e. The van der Waals surface area contributed by atoms with Gasteiger partial charge in [0.05, 0.1) is 36.7 Å². The van der Waals surface area contributed by atoms with Crippen LogP contribution in [0.4, 0.5) is 5.69 Å². The van der Waals surface area contributed by atoms with Crippen LogP contribution in [0.2, 0.25) is 0 Å². The standard InChI is InChI=1S/C37H53N3O6/c1-8-20-38(27-16-18-28(19-17-27)45-10-3)33(42)30-31-34(43)40(29(23-41)24(4)5)32(37(31)22-25(6)36(30,7)46-37)35(44)39(21-9-2)26-14-12-11-13-15-26/h8-9,16-19,24-26,29-32,41H,1-2,10-15,20-23H2,3-7H3/t25?,29-,30+,31-,32?,36-,37?/m0/s1. The van der Waals surface area contributed by atoms with E-state index in [2.05, 4.69) is 20.1 Å². The number of rotatable bonds is 13. The van der Waals surface area contributed by atoms with Gasteiger partial charge in [-0.25, -0.2) is 0 Å². The first-order valence-corrected chi connectivity index (χ1v) is 17.2. The van der Waals surface area contributed by atoms with Gasteiger partial charge in [-0.15, -0.1) is 13.2 Å². The van der Waals surface area contributed by atoms with Gasteiger partial charge in [-0.1, -0.05) is 52.2 Å². The minimum Gasteiger partial charge on any atom is -0.494 e. The molecule has 1 aliphatic carbocycles. The Kier molecular flexibility index (Phi) is 10.0. The number of aliphatic hydroxyl groups is 1. The van der Waals surface area contributed by atoms with E-state index >= 15 is 0 Å². The Labute approximate surface area is 274 Å². The lowest BCUT2D eigenvalue weighted by Gasteiger charge is -2.43. The number of benzene rings is 1.